The molecule has 0 spiro atoms. The lowest BCUT2D eigenvalue weighted by atomic mass is 10.0. The van der Waals surface area contributed by atoms with E-state index in [0.717, 1.165) is 4.47 Å². The van der Waals surface area contributed by atoms with Gasteiger partial charge in [0.1, 0.15) is 22.6 Å². The minimum atomic E-state index is -0.438. The van der Waals surface area contributed by atoms with Gasteiger partial charge < -0.3 is 18.6 Å². The van der Waals surface area contributed by atoms with Crippen LogP contribution in [-0.2, 0) is 4.74 Å². The second-order valence-corrected chi connectivity index (χ2v) is 6.15. The number of benzene rings is 2. The highest BCUT2D eigenvalue weighted by molar-refractivity contribution is 9.10. The van der Waals surface area contributed by atoms with E-state index in [1.54, 1.807) is 39.3 Å². The highest BCUT2D eigenvalue weighted by atomic mass is 79.9. The molecule has 5 nitrogen and oxygen atoms in total. The molecular weight excluding hydrogens is 388 g/mol. The molecular formula is C19H17BrO5. The van der Waals surface area contributed by atoms with Gasteiger partial charge in [0.2, 0.25) is 0 Å². The van der Waals surface area contributed by atoms with E-state index < -0.39 is 5.97 Å². The van der Waals surface area contributed by atoms with Crippen LogP contribution < -0.4 is 9.47 Å². The summed E-state index contributed by atoms with van der Waals surface area (Å²) < 4.78 is 22.7. The van der Waals surface area contributed by atoms with Crippen LogP contribution in [0.25, 0.3) is 22.3 Å². The molecule has 0 aliphatic rings. The van der Waals surface area contributed by atoms with Gasteiger partial charge in [0, 0.05) is 15.9 Å². The molecule has 0 amide bonds. The van der Waals surface area contributed by atoms with Gasteiger partial charge in [0.15, 0.2) is 5.76 Å². The summed E-state index contributed by atoms with van der Waals surface area (Å²) in [6.45, 7) is 2.04. The smallest absolute Gasteiger partial charge is 0.342 e. The zero-order valence-corrected chi connectivity index (χ0v) is 15.7. The van der Waals surface area contributed by atoms with Gasteiger partial charge in [-0.05, 0) is 37.3 Å². The van der Waals surface area contributed by atoms with Crippen molar-refractivity contribution in [3.05, 3.63) is 46.4 Å². The van der Waals surface area contributed by atoms with Crippen molar-refractivity contribution in [1.82, 2.24) is 0 Å². The zero-order valence-electron chi connectivity index (χ0n) is 14.1. The maximum absolute atomic E-state index is 12.6. The molecule has 0 aliphatic heterocycles. The summed E-state index contributed by atoms with van der Waals surface area (Å²) in [5.41, 5.74) is 1.62. The first-order chi connectivity index (χ1) is 12.1. The van der Waals surface area contributed by atoms with Crippen LogP contribution in [0.1, 0.15) is 17.3 Å². The fourth-order valence-electron chi connectivity index (χ4n) is 2.65. The molecule has 3 rings (SSSR count). The number of halogens is 1. The van der Waals surface area contributed by atoms with Crippen molar-refractivity contribution < 1.29 is 23.4 Å². The van der Waals surface area contributed by atoms with Crippen LogP contribution in [0.15, 0.2) is 45.3 Å². The number of rotatable bonds is 5. The van der Waals surface area contributed by atoms with Crippen LogP contribution in [0.4, 0.5) is 0 Å². The van der Waals surface area contributed by atoms with Crippen molar-refractivity contribution in [1.29, 1.82) is 0 Å². The molecule has 0 bridgehead atoms. The number of methoxy groups -OCH3 is 2. The molecule has 0 atom stereocenters. The Hall–Kier alpha value is -2.47. The summed E-state index contributed by atoms with van der Waals surface area (Å²) in [4.78, 5) is 12.6. The van der Waals surface area contributed by atoms with Gasteiger partial charge in [-0.25, -0.2) is 4.79 Å². The van der Waals surface area contributed by atoms with Crippen LogP contribution in [0.2, 0.25) is 0 Å². The third-order valence-corrected chi connectivity index (χ3v) is 4.28. The number of fused-ring (bicyclic) bond motifs is 1. The van der Waals surface area contributed by atoms with E-state index in [1.165, 1.54) is 0 Å². The molecule has 6 heteroatoms. The van der Waals surface area contributed by atoms with Crippen LogP contribution in [0.5, 0.6) is 11.5 Å². The lowest BCUT2D eigenvalue weighted by molar-refractivity contribution is 0.0529. The van der Waals surface area contributed by atoms with Crippen molar-refractivity contribution in [2.75, 3.05) is 20.8 Å². The summed E-state index contributed by atoms with van der Waals surface area (Å²) in [5, 5.41) is 0.681. The average Bonchev–Trinajstić information content (AvgIpc) is 2.99. The van der Waals surface area contributed by atoms with Crippen molar-refractivity contribution >= 4 is 32.9 Å². The molecule has 3 aromatic rings. The van der Waals surface area contributed by atoms with Crippen LogP contribution in [0.3, 0.4) is 0 Å². The number of carbonyl (C=O) groups is 1. The van der Waals surface area contributed by atoms with Crippen molar-refractivity contribution in [2.45, 2.75) is 6.92 Å². The SMILES string of the molecule is CCOC(=O)c1c(-c2ccc(OC)cc2OC)oc2ccc(Br)cc12. The second kappa shape index (κ2) is 7.19. The Morgan fingerprint density at radius 3 is 2.60 bits per heavy atom. The van der Waals surface area contributed by atoms with Gasteiger partial charge in [-0.2, -0.15) is 0 Å². The third kappa shape index (κ3) is 3.22. The standard InChI is InChI=1S/C19H17BrO5/c1-4-24-19(21)17-14-9-11(20)5-8-15(14)25-18(17)13-7-6-12(22-2)10-16(13)23-3/h5-10H,4H2,1-3H3. The lowest BCUT2D eigenvalue weighted by Gasteiger charge is -2.10. The second-order valence-electron chi connectivity index (χ2n) is 5.23. The minimum absolute atomic E-state index is 0.276. The summed E-state index contributed by atoms with van der Waals surface area (Å²) in [6.07, 6.45) is 0. The van der Waals surface area contributed by atoms with E-state index in [-0.39, 0.29) is 6.61 Å². The number of hydrogen-bond donors (Lipinski definition) is 0. The highest BCUT2D eigenvalue weighted by Crippen LogP contribution is 2.40. The topological polar surface area (TPSA) is 57.9 Å². The van der Waals surface area contributed by atoms with Gasteiger partial charge in [-0.15, -0.1) is 0 Å². The van der Waals surface area contributed by atoms with Crippen molar-refractivity contribution in [2.24, 2.45) is 0 Å². The van der Waals surface area contributed by atoms with Crippen LogP contribution >= 0.6 is 15.9 Å². The fraction of sp³-hybridized carbons (Fsp3) is 0.211. The first-order valence-electron chi connectivity index (χ1n) is 7.70. The molecule has 0 fully saturated rings. The van der Waals surface area contributed by atoms with Gasteiger partial charge in [-0.3, -0.25) is 0 Å². The van der Waals surface area contributed by atoms with Crippen molar-refractivity contribution in [3.8, 4) is 22.8 Å². The first-order valence-corrected chi connectivity index (χ1v) is 8.50. The third-order valence-electron chi connectivity index (χ3n) is 3.78. The Labute approximate surface area is 153 Å². The Morgan fingerprint density at radius 1 is 1.12 bits per heavy atom. The number of carbonyl (C=O) groups excluding carboxylic acids is 1. The lowest BCUT2D eigenvalue weighted by Crippen LogP contribution is -2.05. The van der Waals surface area contributed by atoms with Crippen LogP contribution in [0, 0.1) is 0 Å². The maximum atomic E-state index is 12.6. The monoisotopic (exact) mass is 404 g/mol. The first kappa shape index (κ1) is 17.4. The number of ether oxygens (including phenoxy) is 3. The average molecular weight is 405 g/mol. The van der Waals surface area contributed by atoms with Gasteiger partial charge in [0.25, 0.3) is 0 Å². The fourth-order valence-corrected chi connectivity index (χ4v) is 3.01. The van der Waals surface area contributed by atoms with Gasteiger partial charge in [-0.1, -0.05) is 15.9 Å². The summed E-state index contributed by atoms with van der Waals surface area (Å²) >= 11 is 3.43. The van der Waals surface area contributed by atoms with E-state index in [0.29, 0.717) is 39.4 Å². The predicted molar refractivity (Wildman–Crippen MR) is 98.4 cm³/mol. The molecule has 1 aromatic heterocycles. The molecule has 2 aromatic carbocycles. The molecule has 25 heavy (non-hydrogen) atoms. The quantitative estimate of drug-likeness (QED) is 0.556. The van der Waals surface area contributed by atoms with E-state index in [4.69, 9.17) is 18.6 Å². The highest BCUT2D eigenvalue weighted by Gasteiger charge is 2.25. The molecule has 0 unspecified atom stereocenters. The Kier molecular flexibility index (Phi) is 4.99. The molecule has 0 N–H and O–H groups in total. The Bertz CT molecular complexity index is 929. The molecule has 0 radical (unpaired) electrons. The van der Waals surface area contributed by atoms with Gasteiger partial charge in [0.05, 0.1) is 26.4 Å². The number of hydrogen-bond acceptors (Lipinski definition) is 5. The predicted octanol–water partition coefficient (Wildman–Crippen LogP) is 5.06. The maximum Gasteiger partial charge on any atom is 0.342 e. The van der Waals surface area contributed by atoms with Crippen molar-refractivity contribution in [3.63, 3.8) is 0 Å². The largest absolute Gasteiger partial charge is 0.497 e. The normalized spacial score (nSPS) is 10.7. The zero-order chi connectivity index (χ0) is 18.0. The minimum Gasteiger partial charge on any atom is -0.497 e. The summed E-state index contributed by atoms with van der Waals surface area (Å²) in [6, 6.07) is 10.8. The van der Waals surface area contributed by atoms with Gasteiger partial charge >= 0.3 is 5.97 Å². The Balaban J connectivity index is 2.29. The summed E-state index contributed by atoms with van der Waals surface area (Å²) in [5.74, 6) is 1.17. The molecule has 0 saturated heterocycles. The van der Waals surface area contributed by atoms with E-state index >= 15 is 0 Å². The molecule has 0 aliphatic carbocycles. The molecule has 0 saturated carbocycles. The van der Waals surface area contributed by atoms with Crippen LogP contribution in [-0.4, -0.2) is 26.8 Å². The van der Waals surface area contributed by atoms with E-state index in [1.807, 2.05) is 18.2 Å². The molecule has 1 heterocycles. The molecule has 130 valence electrons. The number of esters is 1. The van der Waals surface area contributed by atoms with E-state index in [2.05, 4.69) is 15.9 Å². The summed E-state index contributed by atoms with van der Waals surface area (Å²) in [7, 11) is 3.14. The Morgan fingerprint density at radius 2 is 1.92 bits per heavy atom. The number of furan rings is 1. The van der Waals surface area contributed by atoms with E-state index in [9.17, 15) is 4.79 Å².